The highest BCUT2D eigenvalue weighted by Gasteiger charge is 2.75. The molecular formula is C38H47N3O7. The van der Waals surface area contributed by atoms with Gasteiger partial charge in [0.1, 0.15) is 17.7 Å². The average Bonchev–Trinajstić information content (AvgIpc) is 3.74. The summed E-state index contributed by atoms with van der Waals surface area (Å²) in [4.78, 5) is 59.1. The van der Waals surface area contributed by atoms with Crippen LogP contribution in [0.2, 0.25) is 0 Å². The Bertz CT molecular complexity index is 1540. The van der Waals surface area contributed by atoms with Crippen molar-refractivity contribution in [2.24, 2.45) is 11.8 Å². The number of benzene rings is 2. The number of carbonyl (C=O) groups excluding carboxylic acids is 4. The minimum atomic E-state index is -1.27. The molecule has 10 heteroatoms. The van der Waals surface area contributed by atoms with Crippen molar-refractivity contribution < 1.29 is 33.8 Å². The molecule has 7 atom stereocenters. The molecule has 2 bridgehead atoms. The molecule has 0 aliphatic carbocycles. The van der Waals surface area contributed by atoms with Crippen LogP contribution in [0.3, 0.4) is 0 Å². The third kappa shape index (κ3) is 6.43. The van der Waals surface area contributed by atoms with Crippen molar-refractivity contribution in [3.05, 3.63) is 90.5 Å². The van der Waals surface area contributed by atoms with E-state index in [4.69, 9.17) is 9.47 Å². The molecule has 0 unspecified atom stereocenters. The summed E-state index contributed by atoms with van der Waals surface area (Å²) < 4.78 is 12.8. The van der Waals surface area contributed by atoms with Crippen LogP contribution in [0.1, 0.15) is 61.8 Å². The standard InChI is InChI=1S/C38H47N3O7/c1-6-9-15-31(43)39-22-30(26-13-11-10-12-14-26)47-37(46)32-29-18-19-38(48-29)33(32)35(44)41(27(8-3)23-42)34(38)36(45)40(20-7-2)28-21-24(4)16-17-25(28)5/h6-7,10-14,16-17,21,27,29-30,32-34,42H,1-2,8-9,15,18-20,22-23H2,3-5H3,(H,39,43)/t27-,29-,30-,32+,33+,34-,38+/m0/s1. The third-order valence-corrected chi connectivity index (χ3v) is 10.0. The molecule has 3 fully saturated rings. The van der Waals surface area contributed by atoms with Crippen LogP contribution in [0.15, 0.2) is 73.8 Å². The number of fused-ring (bicyclic) bond motifs is 1. The zero-order valence-corrected chi connectivity index (χ0v) is 28.1. The predicted octanol–water partition coefficient (Wildman–Crippen LogP) is 4.33. The Balaban J connectivity index is 1.49. The van der Waals surface area contributed by atoms with Gasteiger partial charge < -0.3 is 29.7 Å². The van der Waals surface area contributed by atoms with Gasteiger partial charge in [-0.3, -0.25) is 19.2 Å². The number of nitrogens with one attached hydrogen (secondary N) is 1. The van der Waals surface area contributed by atoms with Crippen LogP contribution in [-0.4, -0.2) is 77.2 Å². The molecule has 256 valence electrons. The Kier molecular flexibility index (Phi) is 10.9. The lowest BCUT2D eigenvalue weighted by atomic mass is 9.70. The number of likely N-dealkylation sites (tertiary alicyclic amines) is 1. The van der Waals surface area contributed by atoms with E-state index in [1.807, 2.05) is 69.3 Å². The topological polar surface area (TPSA) is 125 Å². The first-order valence-electron chi connectivity index (χ1n) is 16.8. The molecule has 2 N–H and O–H groups in total. The Morgan fingerprint density at radius 2 is 1.92 bits per heavy atom. The number of aryl methyl sites for hydroxylation is 2. The number of hydrogen-bond acceptors (Lipinski definition) is 7. The van der Waals surface area contributed by atoms with E-state index in [0.29, 0.717) is 36.9 Å². The van der Waals surface area contributed by atoms with Gasteiger partial charge in [-0.25, -0.2) is 0 Å². The summed E-state index contributed by atoms with van der Waals surface area (Å²) >= 11 is 0. The van der Waals surface area contributed by atoms with Crippen LogP contribution in [0.5, 0.6) is 0 Å². The van der Waals surface area contributed by atoms with Crippen molar-refractivity contribution in [1.29, 1.82) is 0 Å². The van der Waals surface area contributed by atoms with Crippen LogP contribution < -0.4 is 10.2 Å². The monoisotopic (exact) mass is 657 g/mol. The number of carbonyl (C=O) groups is 4. The van der Waals surface area contributed by atoms with Gasteiger partial charge in [-0.2, -0.15) is 0 Å². The second-order valence-corrected chi connectivity index (χ2v) is 13.0. The second kappa shape index (κ2) is 14.9. The summed E-state index contributed by atoms with van der Waals surface area (Å²) in [5.41, 5.74) is 1.98. The number of rotatable bonds is 15. The van der Waals surface area contributed by atoms with E-state index in [-0.39, 0.29) is 37.9 Å². The number of nitrogens with zero attached hydrogens (tertiary/aromatic N) is 2. The van der Waals surface area contributed by atoms with Crippen LogP contribution in [0, 0.1) is 25.7 Å². The van der Waals surface area contributed by atoms with Crippen LogP contribution in [0.4, 0.5) is 5.69 Å². The molecule has 48 heavy (non-hydrogen) atoms. The molecule has 0 aromatic heterocycles. The summed E-state index contributed by atoms with van der Waals surface area (Å²) in [6, 6.07) is 13.3. The largest absolute Gasteiger partial charge is 0.455 e. The first kappa shape index (κ1) is 35.0. The van der Waals surface area contributed by atoms with Gasteiger partial charge in [-0.15, -0.1) is 13.2 Å². The molecule has 3 heterocycles. The maximum Gasteiger partial charge on any atom is 0.313 e. The van der Waals surface area contributed by atoms with Crippen molar-refractivity contribution in [3.8, 4) is 0 Å². The lowest BCUT2D eigenvalue weighted by Crippen LogP contribution is -2.59. The first-order chi connectivity index (χ1) is 23.1. The third-order valence-electron chi connectivity index (χ3n) is 10.0. The lowest BCUT2D eigenvalue weighted by Gasteiger charge is -2.39. The summed E-state index contributed by atoms with van der Waals surface area (Å²) in [5, 5.41) is 13.3. The molecule has 3 aliphatic rings. The number of esters is 1. The number of hydrogen-bond donors (Lipinski definition) is 2. The fourth-order valence-corrected chi connectivity index (χ4v) is 7.68. The maximum absolute atomic E-state index is 14.8. The fraction of sp³-hybridized carbons (Fsp3) is 0.474. The summed E-state index contributed by atoms with van der Waals surface area (Å²) in [6.45, 7) is 13.2. The van der Waals surface area contributed by atoms with E-state index in [1.165, 1.54) is 4.90 Å². The molecule has 0 saturated carbocycles. The summed E-state index contributed by atoms with van der Waals surface area (Å²) in [7, 11) is 0. The smallest absolute Gasteiger partial charge is 0.313 e. The Labute approximate surface area is 282 Å². The van der Waals surface area contributed by atoms with E-state index in [2.05, 4.69) is 18.5 Å². The molecule has 3 aliphatic heterocycles. The maximum atomic E-state index is 14.8. The van der Waals surface area contributed by atoms with E-state index in [9.17, 15) is 24.3 Å². The number of amides is 3. The van der Waals surface area contributed by atoms with Crippen molar-refractivity contribution in [1.82, 2.24) is 10.2 Å². The van der Waals surface area contributed by atoms with E-state index >= 15 is 0 Å². The van der Waals surface area contributed by atoms with Gasteiger partial charge in [-0.1, -0.05) is 61.5 Å². The second-order valence-electron chi connectivity index (χ2n) is 13.0. The number of aliphatic hydroxyl groups is 1. The van der Waals surface area contributed by atoms with Gasteiger partial charge in [0.2, 0.25) is 11.8 Å². The number of ether oxygens (including phenoxy) is 2. The predicted molar refractivity (Wildman–Crippen MR) is 182 cm³/mol. The Hall–Kier alpha value is -4.28. The minimum Gasteiger partial charge on any atom is -0.455 e. The zero-order chi connectivity index (χ0) is 34.6. The normalized spacial score (nSPS) is 25.2. The average molecular weight is 658 g/mol. The fourth-order valence-electron chi connectivity index (χ4n) is 7.68. The van der Waals surface area contributed by atoms with Gasteiger partial charge in [0.25, 0.3) is 5.91 Å². The molecular weight excluding hydrogens is 610 g/mol. The Morgan fingerprint density at radius 3 is 2.58 bits per heavy atom. The van der Waals surface area contributed by atoms with Gasteiger partial charge >= 0.3 is 5.97 Å². The molecule has 0 radical (unpaired) electrons. The van der Waals surface area contributed by atoms with Crippen molar-refractivity contribution in [2.45, 2.75) is 82.8 Å². The van der Waals surface area contributed by atoms with Crippen LogP contribution in [-0.2, 0) is 28.7 Å². The molecule has 3 saturated heterocycles. The van der Waals surface area contributed by atoms with Crippen molar-refractivity contribution in [3.63, 3.8) is 0 Å². The highest BCUT2D eigenvalue weighted by Crippen LogP contribution is 2.59. The highest BCUT2D eigenvalue weighted by atomic mass is 16.6. The van der Waals surface area contributed by atoms with Crippen LogP contribution in [0.25, 0.3) is 0 Å². The molecule has 10 nitrogen and oxygen atoms in total. The van der Waals surface area contributed by atoms with Gasteiger partial charge in [0.05, 0.1) is 37.1 Å². The molecule has 2 aromatic rings. The molecule has 2 aromatic carbocycles. The number of allylic oxidation sites excluding steroid dienone is 1. The minimum absolute atomic E-state index is 0.0513. The SMILES string of the molecule is C=CCCC(=O)NC[C@H](OC(=O)[C@@H]1[C@@H]2CC[C@]3(O2)[C@H](C(=O)N(CC=C)c2cc(C)ccc2C)N([C@@H](CC)CO)C(=O)[C@@H]13)c1ccccc1. The quantitative estimate of drug-likeness (QED) is 0.216. The summed E-state index contributed by atoms with van der Waals surface area (Å²) in [6.07, 6.45) is 3.94. The summed E-state index contributed by atoms with van der Waals surface area (Å²) in [5.74, 6) is -3.48. The van der Waals surface area contributed by atoms with E-state index in [1.54, 1.807) is 17.1 Å². The Morgan fingerprint density at radius 1 is 1.17 bits per heavy atom. The first-order valence-corrected chi connectivity index (χ1v) is 16.8. The van der Waals surface area contributed by atoms with Gasteiger partial charge in [0, 0.05) is 18.7 Å². The van der Waals surface area contributed by atoms with Gasteiger partial charge in [-0.05, 0) is 62.3 Å². The highest BCUT2D eigenvalue weighted by molar-refractivity contribution is 6.05. The molecule has 3 amide bonds. The molecule has 5 rings (SSSR count). The van der Waals surface area contributed by atoms with Crippen LogP contribution >= 0.6 is 0 Å². The number of aliphatic hydroxyl groups excluding tert-OH is 1. The van der Waals surface area contributed by atoms with E-state index in [0.717, 1.165) is 11.1 Å². The van der Waals surface area contributed by atoms with Crippen molar-refractivity contribution >= 4 is 29.4 Å². The lowest BCUT2D eigenvalue weighted by molar-refractivity contribution is -0.161. The van der Waals surface area contributed by atoms with Gasteiger partial charge in [0.15, 0.2) is 0 Å². The van der Waals surface area contributed by atoms with Crippen molar-refractivity contribution in [2.75, 3.05) is 24.6 Å². The van der Waals surface area contributed by atoms with E-state index < -0.39 is 53.6 Å². The zero-order valence-electron chi connectivity index (χ0n) is 28.1. The molecule has 1 spiro atoms. The number of anilines is 1.